The van der Waals surface area contributed by atoms with Gasteiger partial charge in [-0.25, -0.2) is 9.37 Å². The smallest absolute Gasteiger partial charge is 0.255 e. The highest BCUT2D eigenvalue weighted by Gasteiger charge is 2.24. The Bertz CT molecular complexity index is 1960. The number of nitrogens with one attached hydrogen (secondary N) is 2. The number of allylic oxidation sites excluding steroid dienone is 4. The van der Waals surface area contributed by atoms with Gasteiger partial charge in [-0.2, -0.15) is 0 Å². The number of carbonyl (C=O) groups excluding carboxylic acids is 2. The van der Waals surface area contributed by atoms with Crippen LogP contribution in [0.4, 0.5) is 10.1 Å². The van der Waals surface area contributed by atoms with Gasteiger partial charge in [0, 0.05) is 60.0 Å². The number of hydrogen-bond acceptors (Lipinski definition) is 8. The summed E-state index contributed by atoms with van der Waals surface area (Å²) in [6.07, 6.45) is 14.3. The largest absolute Gasteiger partial charge is 0.405 e. The molecule has 1 fully saturated rings. The molecule has 1 unspecified atom stereocenters. The lowest BCUT2D eigenvalue weighted by Crippen LogP contribution is -2.34. The molecule has 2 aromatic carbocycles. The number of benzene rings is 2. The van der Waals surface area contributed by atoms with Crippen molar-refractivity contribution in [3.05, 3.63) is 130 Å². The highest BCUT2D eigenvalue weighted by molar-refractivity contribution is 6.30. The number of hydrogen-bond donors (Lipinski definition) is 3. The molecule has 252 valence electrons. The van der Waals surface area contributed by atoms with Crippen LogP contribution in [-0.2, 0) is 29.2 Å². The first-order valence-electron chi connectivity index (χ1n) is 16.1. The number of anilines is 1. The van der Waals surface area contributed by atoms with E-state index in [1.807, 2.05) is 24.3 Å². The summed E-state index contributed by atoms with van der Waals surface area (Å²) in [6.45, 7) is 3.75. The van der Waals surface area contributed by atoms with Gasteiger partial charge in [0.15, 0.2) is 0 Å². The highest BCUT2D eigenvalue weighted by Crippen LogP contribution is 2.26. The lowest BCUT2D eigenvalue weighted by molar-refractivity contribution is -0.104. The number of nitrogens with two attached hydrogens (primary N) is 1. The fourth-order valence-electron chi connectivity index (χ4n) is 5.83. The third kappa shape index (κ3) is 8.50. The van der Waals surface area contributed by atoms with Crippen LogP contribution in [0.5, 0.6) is 0 Å². The molecule has 2 aromatic heterocycles. The maximum absolute atomic E-state index is 14.4. The van der Waals surface area contributed by atoms with Gasteiger partial charge in [-0.15, -0.1) is 0 Å². The second-order valence-corrected chi connectivity index (χ2v) is 12.2. The molecule has 4 aromatic rings. The molecule has 49 heavy (non-hydrogen) atoms. The van der Waals surface area contributed by atoms with Gasteiger partial charge in [0.1, 0.15) is 17.9 Å². The Balaban J connectivity index is 1.18. The maximum Gasteiger partial charge on any atom is 0.255 e. The topological polar surface area (TPSA) is 127 Å². The van der Waals surface area contributed by atoms with Crippen LogP contribution in [0.25, 0.3) is 17.1 Å². The Kier molecular flexibility index (Phi) is 10.9. The molecule has 0 saturated carbocycles. The fourth-order valence-corrected chi connectivity index (χ4v) is 5.99. The van der Waals surface area contributed by atoms with E-state index in [2.05, 4.69) is 31.2 Å². The molecule has 12 heteroatoms. The SMILES string of the molecule is N/C=C\c1cc(NC(=O)c2ccc3c(c2)nc(CN2CC=C(/C(=C/C=C\C=O)NCc4ccc(Cl)cc4F)CC2)n3CC2CCO2)ccn1. The molecule has 0 spiro atoms. The van der Waals surface area contributed by atoms with Gasteiger partial charge in [-0.3, -0.25) is 19.5 Å². The van der Waals surface area contributed by atoms with Crippen LogP contribution in [0.2, 0.25) is 5.02 Å². The molecule has 0 aliphatic carbocycles. The summed E-state index contributed by atoms with van der Waals surface area (Å²) in [6, 6.07) is 13.7. The minimum Gasteiger partial charge on any atom is -0.405 e. The number of nitrogens with zero attached hydrogens (tertiary/aromatic N) is 4. The van der Waals surface area contributed by atoms with Crippen molar-refractivity contribution in [2.75, 3.05) is 25.0 Å². The zero-order valence-corrected chi connectivity index (χ0v) is 27.6. The van der Waals surface area contributed by atoms with Gasteiger partial charge in [-0.05, 0) is 85.3 Å². The molecular weight excluding hydrogens is 645 g/mol. The maximum atomic E-state index is 14.4. The first kappa shape index (κ1) is 33.8. The summed E-state index contributed by atoms with van der Waals surface area (Å²) < 4.78 is 22.4. The van der Waals surface area contributed by atoms with Crippen LogP contribution in [-0.4, -0.2) is 57.4 Å². The molecule has 10 nitrogen and oxygen atoms in total. The third-order valence-electron chi connectivity index (χ3n) is 8.52. The molecule has 2 aliphatic heterocycles. The van der Waals surface area contributed by atoms with Crippen molar-refractivity contribution in [3.8, 4) is 0 Å². The van der Waals surface area contributed by atoms with E-state index in [-0.39, 0.29) is 24.4 Å². The number of aldehydes is 1. The molecule has 2 aliphatic rings. The van der Waals surface area contributed by atoms with Gasteiger partial charge < -0.3 is 25.7 Å². The highest BCUT2D eigenvalue weighted by atomic mass is 35.5. The van der Waals surface area contributed by atoms with E-state index in [4.69, 9.17) is 27.1 Å². The average Bonchev–Trinajstić information content (AvgIpc) is 3.41. The third-order valence-corrected chi connectivity index (χ3v) is 8.75. The van der Waals surface area contributed by atoms with Crippen molar-refractivity contribution in [1.29, 1.82) is 0 Å². The van der Waals surface area contributed by atoms with Gasteiger partial charge >= 0.3 is 0 Å². The summed E-state index contributed by atoms with van der Waals surface area (Å²) in [7, 11) is 0. The Labute approximate surface area is 288 Å². The number of halogens is 2. The Hall–Kier alpha value is -5.10. The van der Waals surface area contributed by atoms with Crippen molar-refractivity contribution >= 4 is 46.6 Å². The number of fused-ring (bicyclic) bond motifs is 1. The van der Waals surface area contributed by atoms with Crippen LogP contribution in [0.15, 0.2) is 96.5 Å². The zero-order chi connectivity index (χ0) is 34.2. The van der Waals surface area contributed by atoms with Crippen LogP contribution in [0, 0.1) is 5.82 Å². The van der Waals surface area contributed by atoms with Gasteiger partial charge in [0.05, 0.1) is 35.9 Å². The molecule has 1 saturated heterocycles. The van der Waals surface area contributed by atoms with Crippen molar-refractivity contribution in [2.24, 2.45) is 5.73 Å². The predicted octanol–water partition coefficient (Wildman–Crippen LogP) is 5.76. The van der Waals surface area contributed by atoms with Crippen molar-refractivity contribution in [1.82, 2.24) is 24.8 Å². The van der Waals surface area contributed by atoms with Crippen molar-refractivity contribution in [3.63, 3.8) is 0 Å². The normalized spacial score (nSPS) is 17.0. The van der Waals surface area contributed by atoms with E-state index in [9.17, 15) is 14.0 Å². The number of carbonyl (C=O) groups is 2. The van der Waals surface area contributed by atoms with E-state index in [0.717, 1.165) is 60.4 Å². The molecule has 6 rings (SSSR count). The van der Waals surface area contributed by atoms with E-state index in [1.165, 1.54) is 18.3 Å². The Morgan fingerprint density at radius 3 is 2.78 bits per heavy atom. The molecule has 0 bridgehead atoms. The molecule has 4 N–H and O–H groups in total. The number of aromatic nitrogens is 3. The van der Waals surface area contributed by atoms with E-state index >= 15 is 0 Å². The minimum absolute atomic E-state index is 0.124. The lowest BCUT2D eigenvalue weighted by Gasteiger charge is -2.30. The molecule has 1 amide bonds. The summed E-state index contributed by atoms with van der Waals surface area (Å²) in [5, 5.41) is 6.62. The first-order valence-corrected chi connectivity index (χ1v) is 16.5. The summed E-state index contributed by atoms with van der Waals surface area (Å²) in [4.78, 5) is 35.6. The summed E-state index contributed by atoms with van der Waals surface area (Å²) in [5.41, 5.74) is 11.3. The number of ether oxygens (including phenoxy) is 1. The first-order chi connectivity index (χ1) is 23.9. The standard InChI is InChI=1S/C37H37ClFN7O3/c38-28-6-4-27(32(39)20-28)22-42-33(3-1-2-17-47)25-10-15-45(16-11-25)24-36-44-34-19-26(5-7-35(34)46(36)23-31-12-18-49-31)37(48)43-30-9-14-41-29(21-30)8-13-40/h1-10,13-14,17,19-21,31,42H,11-12,15-16,18,22-24,40H2,(H,41,43,48)/b2-1-,13-8-,33-3-. The Morgan fingerprint density at radius 2 is 2.04 bits per heavy atom. The van der Waals surface area contributed by atoms with Gasteiger partial charge in [-0.1, -0.05) is 29.8 Å². The van der Waals surface area contributed by atoms with Crippen LogP contribution in [0.1, 0.15) is 40.3 Å². The monoisotopic (exact) mass is 681 g/mol. The quantitative estimate of drug-likeness (QED) is 0.0925. The summed E-state index contributed by atoms with van der Waals surface area (Å²) >= 11 is 5.92. The number of imidazole rings is 1. The molecular formula is C37H37ClFN7O3. The number of rotatable bonds is 13. The molecule has 1 atom stereocenters. The van der Waals surface area contributed by atoms with Crippen molar-refractivity contribution in [2.45, 2.75) is 38.6 Å². The van der Waals surface area contributed by atoms with Crippen LogP contribution >= 0.6 is 11.6 Å². The predicted molar refractivity (Wildman–Crippen MR) is 189 cm³/mol. The number of amides is 1. The van der Waals surface area contributed by atoms with Crippen molar-refractivity contribution < 1.29 is 18.7 Å². The Morgan fingerprint density at radius 1 is 1.16 bits per heavy atom. The van der Waals surface area contributed by atoms with Gasteiger partial charge in [0.2, 0.25) is 0 Å². The molecule has 0 radical (unpaired) electrons. The van der Waals surface area contributed by atoms with E-state index in [1.54, 1.807) is 42.6 Å². The lowest BCUT2D eigenvalue weighted by atomic mass is 10.0. The minimum atomic E-state index is -0.377. The van der Waals surface area contributed by atoms with Crippen LogP contribution < -0.4 is 16.4 Å². The molecule has 4 heterocycles. The second-order valence-electron chi connectivity index (χ2n) is 11.8. The summed E-state index contributed by atoms with van der Waals surface area (Å²) in [5.74, 6) is 0.272. The van der Waals surface area contributed by atoms with Gasteiger partial charge in [0.25, 0.3) is 5.91 Å². The number of pyridine rings is 1. The van der Waals surface area contributed by atoms with Crippen LogP contribution in [0.3, 0.4) is 0 Å². The van der Waals surface area contributed by atoms with E-state index < -0.39 is 0 Å². The zero-order valence-electron chi connectivity index (χ0n) is 26.8. The fraction of sp³-hybridized carbons (Fsp3) is 0.243. The average molecular weight is 682 g/mol. The van der Waals surface area contributed by atoms with E-state index in [0.29, 0.717) is 47.2 Å². The second kappa shape index (κ2) is 15.9.